The van der Waals surface area contributed by atoms with Crippen molar-refractivity contribution >= 4 is 10.0 Å². The van der Waals surface area contributed by atoms with Crippen LogP contribution in [0.1, 0.15) is 16.7 Å². The lowest BCUT2D eigenvalue weighted by Gasteiger charge is -2.15. The second-order valence-electron chi connectivity index (χ2n) is 4.78. The maximum absolute atomic E-state index is 12.4. The van der Waals surface area contributed by atoms with Gasteiger partial charge < -0.3 is 0 Å². The molecule has 3 rings (SSSR count). The molecule has 0 aromatic heterocycles. The summed E-state index contributed by atoms with van der Waals surface area (Å²) in [7, 11) is -3.25. The molecule has 1 heterocycles. The molecule has 2 aromatic rings. The third kappa shape index (κ3) is 2.55. The predicted molar refractivity (Wildman–Crippen MR) is 74.8 cm³/mol. The van der Waals surface area contributed by atoms with Gasteiger partial charge in [-0.25, -0.2) is 8.42 Å². The Morgan fingerprint density at radius 1 is 0.842 bits per heavy atom. The minimum absolute atomic E-state index is 0.0713. The fraction of sp³-hybridized carbons (Fsp3) is 0.200. The van der Waals surface area contributed by atoms with E-state index in [1.54, 1.807) is 4.31 Å². The van der Waals surface area contributed by atoms with Gasteiger partial charge in [-0.2, -0.15) is 4.31 Å². The fourth-order valence-corrected chi connectivity index (χ4v) is 3.84. The zero-order valence-corrected chi connectivity index (χ0v) is 11.3. The summed E-state index contributed by atoms with van der Waals surface area (Å²) in [4.78, 5) is 0. The summed E-state index contributed by atoms with van der Waals surface area (Å²) < 4.78 is 26.4. The zero-order chi connectivity index (χ0) is 13.3. The molecule has 0 bridgehead atoms. The lowest BCUT2D eigenvalue weighted by molar-refractivity contribution is 0.431. The van der Waals surface area contributed by atoms with Crippen LogP contribution in [-0.4, -0.2) is 12.7 Å². The van der Waals surface area contributed by atoms with E-state index < -0.39 is 10.0 Å². The van der Waals surface area contributed by atoms with Gasteiger partial charge in [-0.15, -0.1) is 0 Å². The second-order valence-corrected chi connectivity index (χ2v) is 6.75. The monoisotopic (exact) mass is 273 g/mol. The van der Waals surface area contributed by atoms with E-state index in [2.05, 4.69) is 0 Å². The van der Waals surface area contributed by atoms with Crippen LogP contribution in [0, 0.1) is 0 Å². The van der Waals surface area contributed by atoms with Crippen LogP contribution in [0.2, 0.25) is 0 Å². The standard InChI is InChI=1S/C15H15NO2S/c17-19(18,12-13-6-2-1-3-7-13)16-10-14-8-4-5-9-15(14)11-16/h1-9H,10-12H2. The minimum Gasteiger partial charge on any atom is -0.212 e. The first-order valence-electron chi connectivity index (χ1n) is 6.24. The highest BCUT2D eigenvalue weighted by Crippen LogP contribution is 2.26. The molecular formula is C15H15NO2S. The van der Waals surface area contributed by atoms with Crippen molar-refractivity contribution in [2.45, 2.75) is 18.8 Å². The Balaban J connectivity index is 1.80. The number of hydrogen-bond donors (Lipinski definition) is 0. The van der Waals surface area contributed by atoms with Gasteiger partial charge in [0, 0.05) is 13.1 Å². The molecule has 3 nitrogen and oxygen atoms in total. The van der Waals surface area contributed by atoms with Crippen molar-refractivity contribution in [2.75, 3.05) is 0 Å². The molecule has 0 amide bonds. The van der Waals surface area contributed by atoms with Crippen molar-refractivity contribution in [2.24, 2.45) is 0 Å². The molecule has 19 heavy (non-hydrogen) atoms. The van der Waals surface area contributed by atoms with Gasteiger partial charge in [-0.05, 0) is 16.7 Å². The molecule has 0 aliphatic carbocycles. The van der Waals surface area contributed by atoms with Gasteiger partial charge in [-0.3, -0.25) is 0 Å². The highest BCUT2D eigenvalue weighted by molar-refractivity contribution is 7.88. The van der Waals surface area contributed by atoms with Crippen molar-refractivity contribution in [1.82, 2.24) is 4.31 Å². The Morgan fingerprint density at radius 2 is 1.37 bits per heavy atom. The Morgan fingerprint density at radius 3 is 1.95 bits per heavy atom. The summed E-state index contributed by atoms with van der Waals surface area (Å²) in [6.07, 6.45) is 0. The van der Waals surface area contributed by atoms with Crippen LogP contribution in [0.15, 0.2) is 54.6 Å². The van der Waals surface area contributed by atoms with Crippen molar-refractivity contribution < 1.29 is 8.42 Å². The molecule has 98 valence electrons. The summed E-state index contributed by atoms with van der Waals surface area (Å²) in [6, 6.07) is 17.2. The molecule has 0 saturated heterocycles. The van der Waals surface area contributed by atoms with Crippen LogP contribution in [-0.2, 0) is 28.9 Å². The highest BCUT2D eigenvalue weighted by atomic mass is 32.2. The van der Waals surface area contributed by atoms with E-state index in [9.17, 15) is 8.42 Å². The lowest BCUT2D eigenvalue weighted by Crippen LogP contribution is -2.26. The van der Waals surface area contributed by atoms with Crippen LogP contribution < -0.4 is 0 Å². The van der Waals surface area contributed by atoms with E-state index in [1.165, 1.54) is 0 Å². The maximum atomic E-state index is 12.4. The molecule has 0 fully saturated rings. The van der Waals surface area contributed by atoms with Crippen molar-refractivity contribution in [3.05, 3.63) is 71.3 Å². The van der Waals surface area contributed by atoms with Crippen LogP contribution in [0.3, 0.4) is 0 Å². The van der Waals surface area contributed by atoms with E-state index in [0.717, 1.165) is 16.7 Å². The van der Waals surface area contributed by atoms with E-state index in [-0.39, 0.29) is 5.75 Å². The topological polar surface area (TPSA) is 37.4 Å². The van der Waals surface area contributed by atoms with Gasteiger partial charge in [0.1, 0.15) is 0 Å². The Hall–Kier alpha value is -1.65. The summed E-state index contributed by atoms with van der Waals surface area (Å²) in [6.45, 7) is 0.983. The zero-order valence-electron chi connectivity index (χ0n) is 10.5. The number of sulfonamides is 1. The summed E-state index contributed by atoms with van der Waals surface area (Å²) in [5.74, 6) is 0.0713. The van der Waals surface area contributed by atoms with Crippen molar-refractivity contribution in [3.8, 4) is 0 Å². The molecule has 0 radical (unpaired) electrons. The first-order chi connectivity index (χ1) is 9.15. The molecule has 0 N–H and O–H groups in total. The van der Waals surface area contributed by atoms with E-state index in [4.69, 9.17) is 0 Å². The first-order valence-corrected chi connectivity index (χ1v) is 7.84. The van der Waals surface area contributed by atoms with Gasteiger partial charge in [0.05, 0.1) is 5.75 Å². The Bertz CT molecular complexity index is 655. The number of rotatable bonds is 3. The van der Waals surface area contributed by atoms with Crippen LogP contribution in [0.25, 0.3) is 0 Å². The average molecular weight is 273 g/mol. The molecule has 1 aliphatic heterocycles. The Labute approximate surface area is 113 Å². The van der Waals surface area contributed by atoms with E-state index in [0.29, 0.717) is 13.1 Å². The number of nitrogens with zero attached hydrogens (tertiary/aromatic N) is 1. The molecule has 4 heteroatoms. The summed E-state index contributed by atoms with van der Waals surface area (Å²) in [5, 5.41) is 0. The van der Waals surface area contributed by atoms with Crippen molar-refractivity contribution in [3.63, 3.8) is 0 Å². The van der Waals surface area contributed by atoms with Gasteiger partial charge in [0.25, 0.3) is 0 Å². The van der Waals surface area contributed by atoms with Gasteiger partial charge in [0.2, 0.25) is 10.0 Å². The Kier molecular flexibility index (Phi) is 3.12. The van der Waals surface area contributed by atoms with Crippen LogP contribution in [0.5, 0.6) is 0 Å². The van der Waals surface area contributed by atoms with Crippen molar-refractivity contribution in [1.29, 1.82) is 0 Å². The predicted octanol–water partition coefficient (Wildman–Crippen LogP) is 2.53. The molecule has 0 atom stereocenters. The van der Waals surface area contributed by atoms with Crippen LogP contribution in [0.4, 0.5) is 0 Å². The number of hydrogen-bond acceptors (Lipinski definition) is 2. The molecule has 0 spiro atoms. The highest BCUT2D eigenvalue weighted by Gasteiger charge is 2.28. The smallest absolute Gasteiger partial charge is 0.212 e. The van der Waals surface area contributed by atoms with Gasteiger partial charge in [-0.1, -0.05) is 54.6 Å². The second kappa shape index (κ2) is 4.79. The van der Waals surface area contributed by atoms with E-state index in [1.807, 2.05) is 54.6 Å². The average Bonchev–Trinajstić information content (AvgIpc) is 2.84. The first kappa shape index (κ1) is 12.4. The lowest BCUT2D eigenvalue weighted by atomic mass is 10.1. The molecule has 2 aromatic carbocycles. The fourth-order valence-electron chi connectivity index (χ4n) is 2.37. The molecule has 1 aliphatic rings. The van der Waals surface area contributed by atoms with Crippen LogP contribution >= 0.6 is 0 Å². The largest absolute Gasteiger partial charge is 0.218 e. The maximum Gasteiger partial charge on any atom is 0.218 e. The summed E-state index contributed by atoms with van der Waals surface area (Å²) >= 11 is 0. The third-order valence-corrected chi connectivity index (χ3v) is 5.14. The molecule has 0 unspecified atom stereocenters. The molecule has 0 saturated carbocycles. The minimum atomic E-state index is -3.25. The number of benzene rings is 2. The quantitative estimate of drug-likeness (QED) is 0.861. The normalized spacial score (nSPS) is 15.4. The third-order valence-electron chi connectivity index (χ3n) is 3.40. The summed E-state index contributed by atoms with van der Waals surface area (Å²) in [5.41, 5.74) is 3.05. The number of fused-ring (bicyclic) bond motifs is 1. The van der Waals surface area contributed by atoms with Gasteiger partial charge in [0.15, 0.2) is 0 Å². The molecular weight excluding hydrogens is 258 g/mol. The SMILES string of the molecule is O=S(=O)(Cc1ccccc1)N1Cc2ccccc2C1. The van der Waals surface area contributed by atoms with E-state index >= 15 is 0 Å². The van der Waals surface area contributed by atoms with Gasteiger partial charge >= 0.3 is 0 Å².